The van der Waals surface area contributed by atoms with Crippen LogP contribution >= 0.6 is 0 Å². The number of hydrogen-bond acceptors (Lipinski definition) is 4. The maximum atomic E-state index is 12.8. The average Bonchev–Trinajstić information content (AvgIpc) is 3.27. The van der Waals surface area contributed by atoms with E-state index in [0.717, 1.165) is 12.2 Å². The Morgan fingerprint density at radius 2 is 2.07 bits per heavy atom. The van der Waals surface area contributed by atoms with E-state index in [9.17, 15) is 4.79 Å². The smallest absolute Gasteiger partial charge is 0.259 e. The first-order chi connectivity index (χ1) is 13.7. The number of amides is 1. The molecule has 5 nitrogen and oxygen atoms in total. The summed E-state index contributed by atoms with van der Waals surface area (Å²) in [5.41, 5.74) is 3.80. The molecular formula is C23H24N2O3. The number of fused-ring (bicyclic) bond motifs is 1. The first kappa shape index (κ1) is 18.2. The van der Waals surface area contributed by atoms with Gasteiger partial charge in [-0.05, 0) is 50.1 Å². The van der Waals surface area contributed by atoms with Crippen LogP contribution in [0.25, 0.3) is 0 Å². The molecule has 0 radical (unpaired) electrons. The van der Waals surface area contributed by atoms with Crippen LogP contribution in [-0.4, -0.2) is 18.6 Å². The molecule has 1 aromatic heterocycles. The molecule has 3 aromatic rings. The van der Waals surface area contributed by atoms with Gasteiger partial charge >= 0.3 is 0 Å². The van der Waals surface area contributed by atoms with E-state index < -0.39 is 0 Å². The van der Waals surface area contributed by atoms with Crippen LogP contribution in [0.1, 0.15) is 35.5 Å². The predicted molar refractivity (Wildman–Crippen MR) is 110 cm³/mol. The Balaban J connectivity index is 1.51. The van der Waals surface area contributed by atoms with Crippen molar-refractivity contribution in [3.05, 3.63) is 77.7 Å². The molecule has 28 heavy (non-hydrogen) atoms. The number of ether oxygens (including phenoxy) is 1. The van der Waals surface area contributed by atoms with Crippen molar-refractivity contribution < 1.29 is 13.9 Å². The monoisotopic (exact) mass is 376 g/mol. The van der Waals surface area contributed by atoms with Gasteiger partial charge in [0.05, 0.1) is 25.0 Å². The number of nitrogens with one attached hydrogen (secondary N) is 1. The van der Waals surface area contributed by atoms with Crippen LogP contribution in [0.5, 0.6) is 5.75 Å². The van der Waals surface area contributed by atoms with E-state index in [1.165, 1.54) is 11.3 Å². The minimum absolute atomic E-state index is 0.183. The van der Waals surface area contributed by atoms with Crippen molar-refractivity contribution in [3.63, 3.8) is 0 Å². The standard InChI is InChI=1S/C23H24N2O3/c1-3-27-19-9-6-8-18(14-19)24-23(26)20-11-12-28-22(20)15-25-16(2)13-17-7-4-5-10-21(17)25/h4-12,14,16H,3,13,15H2,1-2H3,(H,24,26). The third-order valence-electron chi connectivity index (χ3n) is 5.06. The van der Waals surface area contributed by atoms with Crippen LogP contribution in [-0.2, 0) is 13.0 Å². The van der Waals surface area contributed by atoms with E-state index in [4.69, 9.17) is 9.15 Å². The second-order valence-electron chi connectivity index (χ2n) is 6.98. The van der Waals surface area contributed by atoms with E-state index in [-0.39, 0.29) is 5.91 Å². The van der Waals surface area contributed by atoms with E-state index in [0.29, 0.717) is 36.2 Å². The minimum Gasteiger partial charge on any atom is -0.494 e. The van der Waals surface area contributed by atoms with Crippen molar-refractivity contribution in [2.45, 2.75) is 32.9 Å². The van der Waals surface area contributed by atoms with Gasteiger partial charge in [-0.15, -0.1) is 0 Å². The molecule has 5 heteroatoms. The minimum atomic E-state index is -0.183. The largest absolute Gasteiger partial charge is 0.494 e. The summed E-state index contributed by atoms with van der Waals surface area (Å²) in [7, 11) is 0. The number of carbonyl (C=O) groups excluding carboxylic acids is 1. The van der Waals surface area contributed by atoms with E-state index in [1.54, 1.807) is 12.3 Å². The maximum absolute atomic E-state index is 12.8. The average molecular weight is 376 g/mol. The number of anilines is 2. The lowest BCUT2D eigenvalue weighted by Gasteiger charge is -2.24. The maximum Gasteiger partial charge on any atom is 0.259 e. The lowest BCUT2D eigenvalue weighted by Crippen LogP contribution is -2.29. The topological polar surface area (TPSA) is 54.7 Å². The van der Waals surface area contributed by atoms with Gasteiger partial charge in [-0.25, -0.2) is 0 Å². The Labute approximate surface area is 164 Å². The Bertz CT molecular complexity index is 979. The van der Waals surface area contributed by atoms with Crippen molar-refractivity contribution in [1.29, 1.82) is 0 Å². The van der Waals surface area contributed by atoms with Crippen molar-refractivity contribution in [2.24, 2.45) is 0 Å². The molecule has 1 aliphatic rings. The fourth-order valence-electron chi connectivity index (χ4n) is 3.72. The van der Waals surface area contributed by atoms with Crippen LogP contribution in [0.2, 0.25) is 0 Å². The highest BCUT2D eigenvalue weighted by molar-refractivity contribution is 6.05. The second-order valence-corrected chi connectivity index (χ2v) is 6.98. The summed E-state index contributed by atoms with van der Waals surface area (Å²) in [6.45, 7) is 5.27. The van der Waals surface area contributed by atoms with Crippen molar-refractivity contribution in [3.8, 4) is 5.75 Å². The molecule has 4 rings (SSSR count). The molecule has 1 atom stereocenters. The molecule has 0 bridgehead atoms. The van der Waals surface area contributed by atoms with Gasteiger partial charge in [0.15, 0.2) is 0 Å². The Hall–Kier alpha value is -3.21. The number of carbonyl (C=O) groups is 1. The zero-order valence-corrected chi connectivity index (χ0v) is 16.1. The number of hydrogen-bond donors (Lipinski definition) is 1. The van der Waals surface area contributed by atoms with Gasteiger partial charge < -0.3 is 19.4 Å². The van der Waals surface area contributed by atoms with Gasteiger partial charge in [-0.3, -0.25) is 4.79 Å². The fraction of sp³-hybridized carbons (Fsp3) is 0.261. The van der Waals surface area contributed by atoms with Crippen LogP contribution in [0.15, 0.2) is 65.3 Å². The molecule has 0 saturated heterocycles. The van der Waals surface area contributed by atoms with Gasteiger partial charge in [0.1, 0.15) is 11.5 Å². The summed E-state index contributed by atoms with van der Waals surface area (Å²) in [4.78, 5) is 15.1. The third-order valence-corrected chi connectivity index (χ3v) is 5.06. The highest BCUT2D eigenvalue weighted by atomic mass is 16.5. The first-order valence-electron chi connectivity index (χ1n) is 9.61. The summed E-state index contributed by atoms with van der Waals surface area (Å²) in [5.74, 6) is 1.22. The highest BCUT2D eigenvalue weighted by Crippen LogP contribution is 2.33. The number of nitrogens with zero attached hydrogens (tertiary/aromatic N) is 1. The Morgan fingerprint density at radius 3 is 2.93 bits per heavy atom. The summed E-state index contributed by atoms with van der Waals surface area (Å²) in [5, 5.41) is 2.94. The molecule has 1 N–H and O–H groups in total. The highest BCUT2D eigenvalue weighted by Gasteiger charge is 2.28. The predicted octanol–water partition coefficient (Wildman–Crippen LogP) is 4.88. The van der Waals surface area contributed by atoms with Crippen LogP contribution < -0.4 is 15.0 Å². The zero-order chi connectivity index (χ0) is 19.5. The molecule has 1 aliphatic heterocycles. The van der Waals surface area contributed by atoms with Crippen molar-refractivity contribution in [1.82, 2.24) is 0 Å². The molecule has 0 spiro atoms. The molecule has 144 valence electrons. The Kier molecular flexibility index (Phi) is 5.06. The SMILES string of the molecule is CCOc1cccc(NC(=O)c2ccoc2CN2c3ccccc3CC2C)c1. The quantitative estimate of drug-likeness (QED) is 0.666. The zero-order valence-electron chi connectivity index (χ0n) is 16.1. The molecule has 2 aromatic carbocycles. The van der Waals surface area contributed by atoms with Crippen LogP contribution in [0.4, 0.5) is 11.4 Å². The van der Waals surface area contributed by atoms with E-state index in [2.05, 4.69) is 35.3 Å². The molecule has 2 heterocycles. The summed E-state index contributed by atoms with van der Waals surface area (Å²) >= 11 is 0. The molecular weight excluding hydrogens is 352 g/mol. The van der Waals surface area contributed by atoms with Crippen LogP contribution in [0.3, 0.4) is 0 Å². The van der Waals surface area contributed by atoms with Gasteiger partial charge in [-0.2, -0.15) is 0 Å². The lowest BCUT2D eigenvalue weighted by molar-refractivity contribution is 0.102. The number of rotatable bonds is 6. The van der Waals surface area contributed by atoms with Crippen molar-refractivity contribution in [2.75, 3.05) is 16.8 Å². The van der Waals surface area contributed by atoms with Gasteiger partial charge in [0.25, 0.3) is 5.91 Å². The van der Waals surface area contributed by atoms with Crippen LogP contribution in [0, 0.1) is 0 Å². The van der Waals surface area contributed by atoms with Crippen molar-refractivity contribution >= 4 is 17.3 Å². The summed E-state index contributed by atoms with van der Waals surface area (Å²) in [6.07, 6.45) is 2.58. The molecule has 0 fully saturated rings. The van der Waals surface area contributed by atoms with E-state index >= 15 is 0 Å². The van der Waals surface area contributed by atoms with E-state index in [1.807, 2.05) is 37.3 Å². The number of furan rings is 1. The molecule has 1 unspecified atom stereocenters. The fourth-order valence-corrected chi connectivity index (χ4v) is 3.72. The first-order valence-corrected chi connectivity index (χ1v) is 9.61. The van der Waals surface area contributed by atoms with Gasteiger partial charge in [-0.1, -0.05) is 24.3 Å². The third kappa shape index (κ3) is 3.60. The van der Waals surface area contributed by atoms with Gasteiger partial charge in [0.2, 0.25) is 0 Å². The Morgan fingerprint density at radius 1 is 1.21 bits per heavy atom. The second kappa shape index (κ2) is 7.80. The molecule has 0 aliphatic carbocycles. The number of benzene rings is 2. The molecule has 0 saturated carbocycles. The summed E-state index contributed by atoms with van der Waals surface area (Å²) < 4.78 is 11.2. The lowest BCUT2D eigenvalue weighted by atomic mass is 10.1. The summed E-state index contributed by atoms with van der Waals surface area (Å²) in [6, 6.07) is 17.9. The molecule has 1 amide bonds. The van der Waals surface area contributed by atoms with Gasteiger partial charge in [0, 0.05) is 23.5 Å². The number of para-hydroxylation sites is 1. The normalized spacial score (nSPS) is 15.4.